The zero-order chi connectivity index (χ0) is 14.0. The van der Waals surface area contributed by atoms with Gasteiger partial charge < -0.3 is 10.5 Å². The van der Waals surface area contributed by atoms with Crippen LogP contribution in [0.2, 0.25) is 5.02 Å². The van der Waals surface area contributed by atoms with E-state index in [-0.39, 0.29) is 22.0 Å². The Labute approximate surface area is 114 Å². The van der Waals surface area contributed by atoms with Gasteiger partial charge in [-0.05, 0) is 30.7 Å². The van der Waals surface area contributed by atoms with Crippen molar-refractivity contribution in [2.24, 2.45) is 0 Å². The van der Waals surface area contributed by atoms with Gasteiger partial charge in [0.25, 0.3) is 0 Å². The molecule has 2 nitrogen and oxygen atoms in total. The fraction of sp³-hybridized carbons (Fsp3) is 0.143. The first-order valence-corrected chi connectivity index (χ1v) is 6.08. The molecule has 0 aliphatic heterocycles. The number of anilines is 1. The van der Waals surface area contributed by atoms with Gasteiger partial charge >= 0.3 is 0 Å². The third kappa shape index (κ3) is 2.63. The first-order valence-electron chi connectivity index (χ1n) is 5.70. The largest absolute Gasteiger partial charge is 0.491 e. The minimum Gasteiger partial charge on any atom is -0.491 e. The van der Waals surface area contributed by atoms with Gasteiger partial charge in [0, 0.05) is 5.56 Å². The number of nitrogen functional groups attached to an aromatic ring is 1. The number of rotatable bonds is 3. The van der Waals surface area contributed by atoms with Gasteiger partial charge in [0.2, 0.25) is 0 Å². The number of halogens is 3. The summed E-state index contributed by atoms with van der Waals surface area (Å²) in [5, 5.41) is 0.0520. The molecule has 0 heterocycles. The quantitative estimate of drug-likeness (QED) is 0.854. The summed E-state index contributed by atoms with van der Waals surface area (Å²) in [5.74, 6) is -1.11. The van der Waals surface area contributed by atoms with Crippen molar-refractivity contribution < 1.29 is 13.5 Å². The van der Waals surface area contributed by atoms with E-state index >= 15 is 0 Å². The minimum absolute atomic E-state index is 0.0520. The van der Waals surface area contributed by atoms with Crippen molar-refractivity contribution in [3.05, 3.63) is 47.0 Å². The maximum Gasteiger partial charge on any atom is 0.172 e. The molecule has 0 aliphatic carbocycles. The van der Waals surface area contributed by atoms with Crippen LogP contribution in [0.4, 0.5) is 14.5 Å². The molecule has 0 bridgehead atoms. The zero-order valence-electron chi connectivity index (χ0n) is 10.2. The molecule has 0 saturated heterocycles. The molecule has 0 aromatic heterocycles. The molecule has 0 unspecified atom stereocenters. The highest BCUT2D eigenvalue weighted by Gasteiger charge is 2.14. The number of nitrogens with two attached hydrogens (primary N) is 1. The fourth-order valence-corrected chi connectivity index (χ4v) is 1.95. The average Bonchev–Trinajstić information content (AvgIpc) is 2.38. The van der Waals surface area contributed by atoms with Crippen LogP contribution in [0.15, 0.2) is 30.3 Å². The Balaban J connectivity index is 2.56. The van der Waals surface area contributed by atoms with E-state index in [0.717, 1.165) is 6.07 Å². The van der Waals surface area contributed by atoms with Crippen molar-refractivity contribution in [1.82, 2.24) is 0 Å². The van der Waals surface area contributed by atoms with Crippen LogP contribution in [-0.2, 0) is 0 Å². The number of hydrogen-bond acceptors (Lipinski definition) is 2. The molecule has 2 rings (SSSR count). The molecule has 0 amide bonds. The van der Waals surface area contributed by atoms with Crippen LogP contribution >= 0.6 is 11.6 Å². The molecule has 19 heavy (non-hydrogen) atoms. The highest BCUT2D eigenvalue weighted by molar-refractivity contribution is 6.33. The summed E-state index contributed by atoms with van der Waals surface area (Å²) >= 11 is 5.80. The van der Waals surface area contributed by atoms with Crippen LogP contribution in [-0.4, -0.2) is 6.61 Å². The van der Waals surface area contributed by atoms with Crippen molar-refractivity contribution >= 4 is 17.3 Å². The van der Waals surface area contributed by atoms with Crippen molar-refractivity contribution in [3.8, 4) is 16.9 Å². The lowest BCUT2D eigenvalue weighted by atomic mass is 10.0. The summed E-state index contributed by atoms with van der Waals surface area (Å²) in [7, 11) is 0. The monoisotopic (exact) mass is 283 g/mol. The molecule has 2 aromatic rings. The van der Waals surface area contributed by atoms with E-state index < -0.39 is 11.6 Å². The Morgan fingerprint density at radius 2 is 2.00 bits per heavy atom. The van der Waals surface area contributed by atoms with Gasteiger partial charge in [0.15, 0.2) is 11.6 Å². The lowest BCUT2D eigenvalue weighted by Crippen LogP contribution is -1.97. The Bertz CT molecular complexity index is 593. The van der Waals surface area contributed by atoms with Crippen LogP contribution in [0, 0.1) is 11.6 Å². The highest BCUT2D eigenvalue weighted by Crippen LogP contribution is 2.33. The molecule has 0 spiro atoms. The highest BCUT2D eigenvalue weighted by atomic mass is 35.5. The first kappa shape index (κ1) is 13.6. The maximum absolute atomic E-state index is 14.2. The van der Waals surface area contributed by atoms with Crippen molar-refractivity contribution in [2.45, 2.75) is 6.92 Å². The smallest absolute Gasteiger partial charge is 0.172 e. The van der Waals surface area contributed by atoms with Gasteiger partial charge in [0.1, 0.15) is 5.82 Å². The minimum atomic E-state index is -0.677. The van der Waals surface area contributed by atoms with E-state index in [0.29, 0.717) is 12.2 Å². The molecule has 0 saturated carbocycles. The van der Waals surface area contributed by atoms with Crippen LogP contribution in [0.25, 0.3) is 11.1 Å². The summed E-state index contributed by atoms with van der Waals surface area (Å²) in [6.07, 6.45) is 0. The number of hydrogen-bond donors (Lipinski definition) is 1. The topological polar surface area (TPSA) is 35.2 Å². The lowest BCUT2D eigenvalue weighted by molar-refractivity contribution is 0.322. The van der Waals surface area contributed by atoms with E-state index in [1.165, 1.54) is 18.2 Å². The molecule has 0 fully saturated rings. The van der Waals surface area contributed by atoms with E-state index in [2.05, 4.69) is 0 Å². The molecule has 2 aromatic carbocycles. The van der Waals surface area contributed by atoms with Gasteiger partial charge in [-0.1, -0.05) is 23.7 Å². The maximum atomic E-state index is 14.2. The molecule has 5 heteroatoms. The van der Waals surface area contributed by atoms with E-state index in [9.17, 15) is 8.78 Å². The summed E-state index contributed by atoms with van der Waals surface area (Å²) in [4.78, 5) is 0. The second-order valence-corrected chi connectivity index (χ2v) is 4.31. The second kappa shape index (κ2) is 5.45. The third-order valence-corrected chi connectivity index (χ3v) is 2.97. The summed E-state index contributed by atoms with van der Waals surface area (Å²) in [6, 6.07) is 7.24. The van der Waals surface area contributed by atoms with Gasteiger partial charge in [-0.2, -0.15) is 0 Å². The van der Waals surface area contributed by atoms with Crippen molar-refractivity contribution in [2.75, 3.05) is 12.3 Å². The zero-order valence-corrected chi connectivity index (χ0v) is 11.0. The van der Waals surface area contributed by atoms with E-state index in [1.54, 1.807) is 13.0 Å². The van der Waals surface area contributed by atoms with Crippen molar-refractivity contribution in [3.63, 3.8) is 0 Å². The average molecular weight is 284 g/mol. The van der Waals surface area contributed by atoms with Crippen LogP contribution in [0.5, 0.6) is 5.75 Å². The van der Waals surface area contributed by atoms with Gasteiger partial charge in [0.05, 0.1) is 17.3 Å². The summed E-state index contributed by atoms with van der Waals surface area (Å²) in [5.41, 5.74) is 5.80. The SMILES string of the molecule is CCOc1cccc(-c2cc(F)c(N)c(Cl)c2)c1F. The van der Waals surface area contributed by atoms with Crippen LogP contribution < -0.4 is 10.5 Å². The van der Waals surface area contributed by atoms with Crippen LogP contribution in [0.3, 0.4) is 0 Å². The lowest BCUT2D eigenvalue weighted by Gasteiger charge is -2.10. The number of ether oxygens (including phenoxy) is 1. The van der Waals surface area contributed by atoms with Gasteiger partial charge in [-0.15, -0.1) is 0 Å². The molecular formula is C14H12ClF2NO. The van der Waals surface area contributed by atoms with Gasteiger partial charge in [-0.3, -0.25) is 0 Å². The van der Waals surface area contributed by atoms with E-state index in [1.807, 2.05) is 0 Å². The van der Waals surface area contributed by atoms with Gasteiger partial charge in [-0.25, -0.2) is 8.78 Å². The molecule has 0 atom stereocenters. The second-order valence-electron chi connectivity index (χ2n) is 3.90. The fourth-order valence-electron chi connectivity index (χ4n) is 1.74. The predicted octanol–water partition coefficient (Wildman–Crippen LogP) is 4.27. The predicted molar refractivity (Wildman–Crippen MR) is 72.4 cm³/mol. The molecular weight excluding hydrogens is 272 g/mol. The van der Waals surface area contributed by atoms with E-state index in [4.69, 9.17) is 22.1 Å². The Hall–Kier alpha value is -1.81. The number of benzene rings is 2. The molecule has 100 valence electrons. The third-order valence-electron chi connectivity index (χ3n) is 2.65. The van der Waals surface area contributed by atoms with Crippen LogP contribution in [0.1, 0.15) is 6.92 Å². The normalized spacial score (nSPS) is 10.5. The standard InChI is InChI=1S/C14H12ClF2NO/c1-2-19-12-5-3-4-9(13(12)17)8-6-10(15)14(18)11(16)7-8/h3-7H,2,18H2,1H3. The summed E-state index contributed by atoms with van der Waals surface area (Å²) < 4.78 is 32.9. The Morgan fingerprint density at radius 3 is 2.63 bits per heavy atom. The molecule has 0 radical (unpaired) electrons. The molecule has 0 aliphatic rings. The van der Waals surface area contributed by atoms with Crippen molar-refractivity contribution in [1.29, 1.82) is 0 Å². The Morgan fingerprint density at radius 1 is 1.26 bits per heavy atom. The summed E-state index contributed by atoms with van der Waals surface area (Å²) in [6.45, 7) is 2.10. The first-order chi connectivity index (χ1) is 9.04. The molecule has 2 N–H and O–H groups in total. The Kier molecular flexibility index (Phi) is 3.90.